The normalized spacial score (nSPS) is 16.1. The van der Waals surface area contributed by atoms with Gasteiger partial charge in [0.15, 0.2) is 5.78 Å². The van der Waals surface area contributed by atoms with Crippen LogP contribution in [0.1, 0.15) is 36.0 Å². The molecule has 4 heteroatoms. The summed E-state index contributed by atoms with van der Waals surface area (Å²) < 4.78 is 0. The van der Waals surface area contributed by atoms with Crippen molar-refractivity contribution >= 4 is 17.9 Å². The molecular formula is C24H25NO3. The number of hydrogen-bond donors (Lipinski definition) is 3. The summed E-state index contributed by atoms with van der Waals surface area (Å²) in [5.74, 6) is 0.108. The summed E-state index contributed by atoms with van der Waals surface area (Å²) in [6.07, 6.45) is 7.29. The van der Waals surface area contributed by atoms with Crippen molar-refractivity contribution in [3.8, 4) is 5.75 Å². The van der Waals surface area contributed by atoms with E-state index in [9.17, 15) is 15.0 Å². The summed E-state index contributed by atoms with van der Waals surface area (Å²) in [5, 5.41) is 23.1. The quantitative estimate of drug-likeness (QED) is 0.636. The minimum Gasteiger partial charge on any atom is -0.508 e. The number of rotatable bonds is 6. The van der Waals surface area contributed by atoms with Crippen LogP contribution < -0.4 is 5.32 Å². The van der Waals surface area contributed by atoms with Gasteiger partial charge in [0.05, 0.1) is 0 Å². The molecule has 0 unspecified atom stereocenters. The molecule has 2 aromatic rings. The van der Waals surface area contributed by atoms with Crippen LogP contribution in [-0.2, 0) is 11.3 Å². The fraction of sp³-hybridized carbons (Fsp3) is 0.208. The molecule has 2 aromatic carbocycles. The van der Waals surface area contributed by atoms with Gasteiger partial charge in [-0.3, -0.25) is 4.79 Å². The average Bonchev–Trinajstić information content (AvgIpc) is 2.70. The minimum atomic E-state index is -0.180. The molecule has 0 amide bonds. The lowest BCUT2D eigenvalue weighted by atomic mass is 9.89. The Hall–Kier alpha value is -3.11. The van der Waals surface area contributed by atoms with Crippen molar-refractivity contribution in [2.45, 2.75) is 25.8 Å². The van der Waals surface area contributed by atoms with E-state index in [-0.39, 0.29) is 17.3 Å². The summed E-state index contributed by atoms with van der Waals surface area (Å²) in [6, 6.07) is 14.8. The molecule has 0 aromatic heterocycles. The number of phenolic OH excluding ortho intramolecular Hbond substituents is 1. The van der Waals surface area contributed by atoms with E-state index >= 15 is 0 Å². The number of ketones is 1. The van der Waals surface area contributed by atoms with Gasteiger partial charge < -0.3 is 15.5 Å². The molecular weight excluding hydrogens is 350 g/mol. The Balaban J connectivity index is 1.78. The average molecular weight is 375 g/mol. The van der Waals surface area contributed by atoms with Crippen molar-refractivity contribution in [3.63, 3.8) is 0 Å². The number of benzene rings is 2. The Kier molecular flexibility index (Phi) is 6.45. The van der Waals surface area contributed by atoms with E-state index in [1.807, 2.05) is 25.3 Å². The van der Waals surface area contributed by atoms with Crippen molar-refractivity contribution in [1.82, 2.24) is 5.32 Å². The number of carbonyl (C=O) groups is 1. The molecule has 144 valence electrons. The molecule has 0 saturated carbocycles. The second kappa shape index (κ2) is 9.20. The Bertz CT molecular complexity index is 919. The molecule has 3 rings (SSSR count). The number of phenols is 1. The van der Waals surface area contributed by atoms with Gasteiger partial charge in [-0.05, 0) is 72.9 Å². The van der Waals surface area contributed by atoms with Crippen molar-refractivity contribution in [2.75, 3.05) is 7.05 Å². The highest BCUT2D eigenvalue weighted by molar-refractivity contribution is 6.07. The number of nitrogens with one attached hydrogen (secondary N) is 1. The standard InChI is InChI=1S/C24H25NO3/c1-25-16-19-7-5-18(6-8-19)15-20-3-2-4-22(24(20)28)23(27)14-11-17-9-12-21(26)13-10-17/h5-15,25-26,28H,2-4,16H2,1H3/b14-11+,20-15+. The molecule has 0 radical (unpaired) electrons. The zero-order valence-electron chi connectivity index (χ0n) is 16.0. The van der Waals surface area contributed by atoms with Gasteiger partial charge in [-0.1, -0.05) is 42.5 Å². The van der Waals surface area contributed by atoms with Gasteiger partial charge in [-0.2, -0.15) is 0 Å². The van der Waals surface area contributed by atoms with Gasteiger partial charge in [0.2, 0.25) is 0 Å². The van der Waals surface area contributed by atoms with Crippen LogP contribution in [0.15, 0.2) is 71.5 Å². The van der Waals surface area contributed by atoms with Gasteiger partial charge in [-0.15, -0.1) is 0 Å². The maximum atomic E-state index is 12.6. The van der Waals surface area contributed by atoms with E-state index in [4.69, 9.17) is 0 Å². The van der Waals surface area contributed by atoms with Crippen LogP contribution in [0.5, 0.6) is 5.75 Å². The third-order valence-electron chi connectivity index (χ3n) is 4.78. The number of carbonyl (C=O) groups excluding carboxylic acids is 1. The van der Waals surface area contributed by atoms with Crippen LogP contribution in [0.3, 0.4) is 0 Å². The van der Waals surface area contributed by atoms with Crippen molar-refractivity contribution < 1.29 is 15.0 Å². The SMILES string of the molecule is CNCc1ccc(/C=C2\CCCC(C(=O)/C=C/c3ccc(O)cc3)=C2O)cc1. The molecule has 0 aliphatic heterocycles. The van der Waals surface area contributed by atoms with Crippen LogP contribution in [0.25, 0.3) is 12.2 Å². The first kappa shape index (κ1) is 19.6. The first-order valence-electron chi connectivity index (χ1n) is 9.45. The smallest absolute Gasteiger partial charge is 0.185 e. The van der Waals surface area contributed by atoms with Gasteiger partial charge >= 0.3 is 0 Å². The number of aliphatic hydroxyl groups is 1. The van der Waals surface area contributed by atoms with E-state index in [0.717, 1.165) is 36.1 Å². The van der Waals surface area contributed by atoms with Gasteiger partial charge in [0.1, 0.15) is 11.5 Å². The Labute approximate surface area is 165 Å². The van der Waals surface area contributed by atoms with Gasteiger partial charge in [-0.25, -0.2) is 0 Å². The molecule has 28 heavy (non-hydrogen) atoms. The Morgan fingerprint density at radius 1 is 1.00 bits per heavy atom. The van der Waals surface area contributed by atoms with E-state index in [0.29, 0.717) is 12.0 Å². The zero-order chi connectivity index (χ0) is 19.9. The van der Waals surface area contributed by atoms with E-state index in [1.165, 1.54) is 11.6 Å². The lowest BCUT2D eigenvalue weighted by molar-refractivity contribution is -0.111. The summed E-state index contributed by atoms with van der Waals surface area (Å²) in [5.41, 5.74) is 4.28. The molecule has 0 atom stereocenters. The predicted molar refractivity (Wildman–Crippen MR) is 113 cm³/mol. The van der Waals surface area contributed by atoms with Crippen LogP contribution in [0.2, 0.25) is 0 Å². The lowest BCUT2D eigenvalue weighted by Gasteiger charge is -2.17. The largest absolute Gasteiger partial charge is 0.508 e. The second-order valence-electron chi connectivity index (χ2n) is 6.91. The number of allylic oxidation sites excluding steroid dienone is 3. The Morgan fingerprint density at radius 2 is 1.68 bits per heavy atom. The molecule has 4 nitrogen and oxygen atoms in total. The maximum Gasteiger partial charge on any atom is 0.185 e. The van der Waals surface area contributed by atoms with Crippen LogP contribution in [0.4, 0.5) is 0 Å². The number of aliphatic hydroxyl groups excluding tert-OH is 1. The van der Waals surface area contributed by atoms with Crippen molar-refractivity contribution in [2.24, 2.45) is 0 Å². The summed E-state index contributed by atoms with van der Waals surface area (Å²) >= 11 is 0. The van der Waals surface area contributed by atoms with Crippen molar-refractivity contribution in [3.05, 3.63) is 88.2 Å². The van der Waals surface area contributed by atoms with E-state index in [1.54, 1.807) is 30.3 Å². The first-order valence-corrected chi connectivity index (χ1v) is 9.45. The molecule has 1 aliphatic carbocycles. The third-order valence-corrected chi connectivity index (χ3v) is 4.78. The van der Waals surface area contributed by atoms with E-state index in [2.05, 4.69) is 17.4 Å². The first-order chi connectivity index (χ1) is 13.6. The molecule has 1 aliphatic rings. The summed E-state index contributed by atoms with van der Waals surface area (Å²) in [6.45, 7) is 0.814. The van der Waals surface area contributed by atoms with Crippen LogP contribution in [-0.4, -0.2) is 23.0 Å². The third kappa shape index (κ3) is 4.99. The molecule has 0 fully saturated rings. The highest BCUT2D eigenvalue weighted by Crippen LogP contribution is 2.30. The fourth-order valence-electron chi connectivity index (χ4n) is 3.26. The highest BCUT2D eigenvalue weighted by atomic mass is 16.3. The summed E-state index contributed by atoms with van der Waals surface area (Å²) in [7, 11) is 1.91. The minimum absolute atomic E-state index is 0.103. The number of aromatic hydroxyl groups is 1. The topological polar surface area (TPSA) is 69.6 Å². The molecule has 3 N–H and O–H groups in total. The fourth-order valence-corrected chi connectivity index (χ4v) is 3.26. The lowest BCUT2D eigenvalue weighted by Crippen LogP contribution is -2.10. The maximum absolute atomic E-state index is 12.6. The van der Waals surface area contributed by atoms with Crippen LogP contribution in [0, 0.1) is 0 Å². The van der Waals surface area contributed by atoms with Crippen molar-refractivity contribution in [1.29, 1.82) is 0 Å². The van der Waals surface area contributed by atoms with Gasteiger partial charge in [0.25, 0.3) is 0 Å². The molecule has 0 bridgehead atoms. The van der Waals surface area contributed by atoms with Crippen LogP contribution >= 0.6 is 0 Å². The molecule has 0 heterocycles. The summed E-state index contributed by atoms with van der Waals surface area (Å²) in [4.78, 5) is 12.6. The Morgan fingerprint density at radius 3 is 2.36 bits per heavy atom. The highest BCUT2D eigenvalue weighted by Gasteiger charge is 2.20. The monoisotopic (exact) mass is 375 g/mol. The molecule has 0 spiro atoms. The zero-order valence-corrected chi connectivity index (χ0v) is 16.0. The predicted octanol–water partition coefficient (Wildman–Crippen LogP) is 4.77. The van der Waals surface area contributed by atoms with Gasteiger partial charge in [0, 0.05) is 12.1 Å². The molecule has 0 saturated heterocycles. The number of hydrogen-bond acceptors (Lipinski definition) is 4. The van der Waals surface area contributed by atoms with E-state index < -0.39 is 0 Å². The second-order valence-corrected chi connectivity index (χ2v) is 6.91.